The molecule has 0 saturated carbocycles. The Kier molecular flexibility index (Phi) is 4.64. The molecule has 0 saturated heterocycles. The summed E-state index contributed by atoms with van der Waals surface area (Å²) in [7, 11) is 1.63. The predicted molar refractivity (Wildman–Crippen MR) is 53.6 cm³/mol. The SMILES string of the molecule is C=C(C)C(N=C(C)OC)C(C)C. The Balaban J connectivity index is 4.43. The quantitative estimate of drug-likeness (QED) is 0.361. The lowest BCUT2D eigenvalue weighted by atomic mass is 9.99. The molecule has 0 radical (unpaired) electrons. The molecule has 0 aromatic carbocycles. The second kappa shape index (κ2) is 4.96. The molecule has 0 amide bonds. The highest BCUT2D eigenvalue weighted by Gasteiger charge is 2.12. The van der Waals surface area contributed by atoms with E-state index in [1.165, 1.54) is 0 Å². The Bertz CT molecular complexity index is 182. The van der Waals surface area contributed by atoms with E-state index in [1.807, 2.05) is 13.8 Å². The van der Waals surface area contributed by atoms with Crippen molar-refractivity contribution in [1.82, 2.24) is 0 Å². The molecule has 0 rings (SSSR count). The first-order valence-electron chi connectivity index (χ1n) is 4.22. The largest absolute Gasteiger partial charge is 0.484 e. The van der Waals surface area contributed by atoms with E-state index >= 15 is 0 Å². The third-order valence-electron chi connectivity index (χ3n) is 1.75. The molecule has 12 heavy (non-hydrogen) atoms. The molecular weight excluding hydrogens is 150 g/mol. The predicted octanol–water partition coefficient (Wildman–Crippen LogP) is 2.65. The van der Waals surface area contributed by atoms with Gasteiger partial charge in [0.1, 0.15) is 0 Å². The van der Waals surface area contributed by atoms with Crippen molar-refractivity contribution in [3.63, 3.8) is 0 Å². The maximum atomic E-state index is 4.99. The zero-order chi connectivity index (χ0) is 9.72. The van der Waals surface area contributed by atoms with Gasteiger partial charge in [-0.2, -0.15) is 0 Å². The van der Waals surface area contributed by atoms with Crippen molar-refractivity contribution in [2.24, 2.45) is 10.9 Å². The first-order valence-corrected chi connectivity index (χ1v) is 4.22. The molecule has 0 N–H and O–H groups in total. The van der Waals surface area contributed by atoms with Crippen LogP contribution < -0.4 is 0 Å². The van der Waals surface area contributed by atoms with Gasteiger partial charge in [-0.25, -0.2) is 4.99 Å². The third kappa shape index (κ3) is 3.56. The zero-order valence-electron chi connectivity index (χ0n) is 8.72. The fourth-order valence-corrected chi connectivity index (χ4v) is 1.08. The van der Waals surface area contributed by atoms with Crippen LogP contribution in [0.3, 0.4) is 0 Å². The summed E-state index contributed by atoms with van der Waals surface area (Å²) in [6, 6.07) is 0.185. The van der Waals surface area contributed by atoms with Crippen molar-refractivity contribution < 1.29 is 4.74 Å². The molecule has 0 aromatic heterocycles. The van der Waals surface area contributed by atoms with Crippen LogP contribution in [-0.4, -0.2) is 19.0 Å². The lowest BCUT2D eigenvalue weighted by Gasteiger charge is -2.16. The molecule has 1 atom stereocenters. The molecule has 2 heteroatoms. The first kappa shape index (κ1) is 11.2. The Labute approximate surface area is 75.3 Å². The summed E-state index contributed by atoms with van der Waals surface area (Å²) in [6.45, 7) is 12.0. The highest BCUT2D eigenvalue weighted by atomic mass is 16.5. The number of hydrogen-bond donors (Lipinski definition) is 0. The summed E-state index contributed by atoms with van der Waals surface area (Å²) in [4.78, 5) is 4.39. The normalized spacial score (nSPS) is 14.7. The lowest BCUT2D eigenvalue weighted by Crippen LogP contribution is -2.16. The van der Waals surface area contributed by atoms with Crippen molar-refractivity contribution in [2.45, 2.75) is 33.7 Å². The van der Waals surface area contributed by atoms with Crippen LogP contribution >= 0.6 is 0 Å². The minimum absolute atomic E-state index is 0.185. The molecule has 2 nitrogen and oxygen atoms in total. The molecule has 0 aliphatic rings. The van der Waals surface area contributed by atoms with Crippen molar-refractivity contribution in [3.8, 4) is 0 Å². The van der Waals surface area contributed by atoms with Gasteiger partial charge in [-0.3, -0.25) is 0 Å². The zero-order valence-corrected chi connectivity index (χ0v) is 8.72. The van der Waals surface area contributed by atoms with Crippen LogP contribution in [0.1, 0.15) is 27.7 Å². The van der Waals surface area contributed by atoms with Gasteiger partial charge >= 0.3 is 0 Å². The fourth-order valence-electron chi connectivity index (χ4n) is 1.08. The second-order valence-corrected chi connectivity index (χ2v) is 3.39. The number of nitrogens with zero attached hydrogens (tertiary/aromatic N) is 1. The van der Waals surface area contributed by atoms with Crippen LogP contribution in [-0.2, 0) is 4.74 Å². The van der Waals surface area contributed by atoms with Crippen molar-refractivity contribution in [2.75, 3.05) is 7.11 Å². The molecule has 70 valence electrons. The molecule has 1 unspecified atom stereocenters. The van der Waals surface area contributed by atoms with E-state index in [4.69, 9.17) is 4.74 Å². The van der Waals surface area contributed by atoms with E-state index in [-0.39, 0.29) is 6.04 Å². The number of rotatable bonds is 3. The Morgan fingerprint density at radius 1 is 1.33 bits per heavy atom. The maximum Gasteiger partial charge on any atom is 0.180 e. The van der Waals surface area contributed by atoms with Gasteiger partial charge in [0.2, 0.25) is 0 Å². The van der Waals surface area contributed by atoms with E-state index in [0.29, 0.717) is 5.92 Å². The second-order valence-electron chi connectivity index (χ2n) is 3.39. The molecule has 0 fully saturated rings. The molecular formula is C10H19NO. The van der Waals surface area contributed by atoms with Crippen molar-refractivity contribution in [3.05, 3.63) is 12.2 Å². The number of ether oxygens (including phenoxy) is 1. The summed E-state index contributed by atoms with van der Waals surface area (Å²) < 4.78 is 4.99. The molecule has 0 spiro atoms. The molecule has 0 aromatic rings. The van der Waals surface area contributed by atoms with Crippen LogP contribution in [0, 0.1) is 5.92 Å². The standard InChI is InChI=1S/C10H19NO/c1-7(2)10(8(3)4)11-9(5)12-6/h8,10H,1H2,2-6H3. The van der Waals surface area contributed by atoms with Crippen LogP contribution in [0.15, 0.2) is 17.1 Å². The Morgan fingerprint density at radius 3 is 2.08 bits per heavy atom. The van der Waals surface area contributed by atoms with Gasteiger partial charge in [-0.15, -0.1) is 0 Å². The van der Waals surface area contributed by atoms with Gasteiger partial charge < -0.3 is 4.74 Å². The van der Waals surface area contributed by atoms with Gasteiger partial charge in [-0.1, -0.05) is 26.0 Å². The summed E-state index contributed by atoms with van der Waals surface area (Å²) in [5.74, 6) is 1.20. The summed E-state index contributed by atoms with van der Waals surface area (Å²) in [5, 5.41) is 0. The van der Waals surface area contributed by atoms with Gasteiger partial charge in [0.25, 0.3) is 0 Å². The fraction of sp³-hybridized carbons (Fsp3) is 0.700. The topological polar surface area (TPSA) is 21.6 Å². The summed E-state index contributed by atoms with van der Waals surface area (Å²) in [5.41, 5.74) is 1.08. The monoisotopic (exact) mass is 169 g/mol. The van der Waals surface area contributed by atoms with E-state index in [1.54, 1.807) is 7.11 Å². The first-order chi connectivity index (χ1) is 5.49. The molecule has 0 heterocycles. The summed E-state index contributed by atoms with van der Waals surface area (Å²) >= 11 is 0. The molecule has 0 aliphatic carbocycles. The van der Waals surface area contributed by atoms with Gasteiger partial charge in [0.15, 0.2) is 5.90 Å². The minimum atomic E-state index is 0.185. The van der Waals surface area contributed by atoms with Crippen molar-refractivity contribution >= 4 is 5.90 Å². The van der Waals surface area contributed by atoms with Gasteiger partial charge in [0.05, 0.1) is 13.2 Å². The Hall–Kier alpha value is -0.790. The lowest BCUT2D eigenvalue weighted by molar-refractivity contribution is 0.390. The average Bonchev–Trinajstić information content (AvgIpc) is 1.98. The minimum Gasteiger partial charge on any atom is -0.484 e. The van der Waals surface area contributed by atoms with Gasteiger partial charge in [-0.05, 0) is 12.8 Å². The van der Waals surface area contributed by atoms with Crippen LogP contribution in [0.2, 0.25) is 0 Å². The van der Waals surface area contributed by atoms with E-state index in [2.05, 4.69) is 25.4 Å². The number of aliphatic imine (C=N–C) groups is 1. The van der Waals surface area contributed by atoms with Crippen LogP contribution in [0.4, 0.5) is 0 Å². The van der Waals surface area contributed by atoms with E-state index in [0.717, 1.165) is 11.5 Å². The smallest absolute Gasteiger partial charge is 0.180 e. The van der Waals surface area contributed by atoms with E-state index < -0.39 is 0 Å². The molecule has 0 bridgehead atoms. The number of methoxy groups -OCH3 is 1. The molecule has 0 aliphatic heterocycles. The van der Waals surface area contributed by atoms with Crippen LogP contribution in [0.25, 0.3) is 0 Å². The summed E-state index contributed by atoms with van der Waals surface area (Å²) in [6.07, 6.45) is 0. The van der Waals surface area contributed by atoms with Crippen molar-refractivity contribution in [1.29, 1.82) is 0 Å². The van der Waals surface area contributed by atoms with Crippen LogP contribution in [0.5, 0.6) is 0 Å². The maximum absolute atomic E-state index is 4.99. The highest BCUT2D eigenvalue weighted by molar-refractivity contribution is 5.73. The van der Waals surface area contributed by atoms with E-state index in [9.17, 15) is 0 Å². The average molecular weight is 169 g/mol. The van der Waals surface area contributed by atoms with Gasteiger partial charge in [0, 0.05) is 6.92 Å². The third-order valence-corrected chi connectivity index (χ3v) is 1.75. The Morgan fingerprint density at radius 2 is 1.83 bits per heavy atom. The highest BCUT2D eigenvalue weighted by Crippen LogP contribution is 2.14. The number of hydrogen-bond acceptors (Lipinski definition) is 2.